The van der Waals surface area contributed by atoms with Crippen molar-refractivity contribution in [3.05, 3.63) is 65.5 Å². The van der Waals surface area contributed by atoms with Crippen LogP contribution in [0.1, 0.15) is 5.56 Å². The first-order valence-electron chi connectivity index (χ1n) is 8.00. The minimum Gasteiger partial charge on any atom is -0.322 e. The number of urea groups is 1. The topological polar surface area (TPSA) is 35.6 Å². The number of benzene rings is 2. The summed E-state index contributed by atoms with van der Waals surface area (Å²) in [6.07, 6.45) is 0. The number of para-hydroxylation sites is 1. The molecule has 7 heteroatoms. The van der Waals surface area contributed by atoms with E-state index in [0.29, 0.717) is 38.3 Å². The summed E-state index contributed by atoms with van der Waals surface area (Å²) in [5.74, 6) is -1.88. The average Bonchev–Trinajstić information content (AvgIpc) is 2.61. The van der Waals surface area contributed by atoms with E-state index < -0.39 is 23.4 Å². The van der Waals surface area contributed by atoms with Crippen molar-refractivity contribution in [1.29, 1.82) is 0 Å². The molecule has 0 bridgehead atoms. The molecule has 2 aromatic carbocycles. The van der Waals surface area contributed by atoms with Crippen molar-refractivity contribution in [2.24, 2.45) is 0 Å². The van der Waals surface area contributed by atoms with Crippen LogP contribution in [0.3, 0.4) is 0 Å². The van der Waals surface area contributed by atoms with Gasteiger partial charge in [-0.25, -0.2) is 18.0 Å². The fourth-order valence-electron chi connectivity index (χ4n) is 2.78. The number of rotatable bonds is 3. The Morgan fingerprint density at radius 1 is 0.880 bits per heavy atom. The highest BCUT2D eigenvalue weighted by Gasteiger charge is 2.23. The molecule has 1 heterocycles. The molecular weight excluding hydrogens is 331 g/mol. The summed E-state index contributed by atoms with van der Waals surface area (Å²) in [6.45, 7) is 2.37. The van der Waals surface area contributed by atoms with Gasteiger partial charge >= 0.3 is 6.03 Å². The van der Waals surface area contributed by atoms with Crippen molar-refractivity contribution in [3.8, 4) is 0 Å². The summed E-state index contributed by atoms with van der Waals surface area (Å²) in [7, 11) is 0. The Morgan fingerprint density at radius 2 is 1.48 bits per heavy atom. The number of hydrogen-bond donors (Lipinski definition) is 1. The molecule has 0 atom stereocenters. The molecule has 1 aliphatic rings. The first-order valence-corrected chi connectivity index (χ1v) is 8.00. The third-order valence-corrected chi connectivity index (χ3v) is 4.21. The van der Waals surface area contributed by atoms with Crippen LogP contribution in [-0.2, 0) is 6.54 Å². The van der Waals surface area contributed by atoms with Crippen LogP contribution in [-0.4, -0.2) is 42.0 Å². The number of nitrogens with zero attached hydrogens (tertiary/aromatic N) is 2. The lowest BCUT2D eigenvalue weighted by molar-refractivity contribution is 0.142. The molecule has 2 aromatic rings. The lowest BCUT2D eigenvalue weighted by Crippen LogP contribution is -2.49. The number of halogens is 3. The molecule has 25 heavy (non-hydrogen) atoms. The van der Waals surface area contributed by atoms with E-state index in [2.05, 4.69) is 5.32 Å². The molecule has 0 aromatic heterocycles. The van der Waals surface area contributed by atoms with Crippen LogP contribution in [0.4, 0.5) is 23.7 Å². The van der Waals surface area contributed by atoms with Gasteiger partial charge in [0.2, 0.25) is 0 Å². The maximum Gasteiger partial charge on any atom is 0.322 e. The quantitative estimate of drug-likeness (QED) is 0.921. The molecule has 0 spiro atoms. The summed E-state index contributed by atoms with van der Waals surface area (Å²) < 4.78 is 40.9. The molecule has 1 saturated heterocycles. The molecule has 1 aliphatic heterocycles. The summed E-state index contributed by atoms with van der Waals surface area (Å²) in [4.78, 5) is 15.7. The Kier molecular flexibility index (Phi) is 5.23. The van der Waals surface area contributed by atoms with Gasteiger partial charge in [-0.1, -0.05) is 24.3 Å². The highest BCUT2D eigenvalue weighted by Crippen LogP contribution is 2.19. The van der Waals surface area contributed by atoms with E-state index in [4.69, 9.17) is 0 Å². The highest BCUT2D eigenvalue weighted by atomic mass is 19.1. The number of anilines is 1. The SMILES string of the molecule is O=C(Nc1c(F)cccc1F)N1CCN(Cc2ccccc2F)CC1. The van der Waals surface area contributed by atoms with Gasteiger partial charge in [0.1, 0.15) is 23.1 Å². The van der Waals surface area contributed by atoms with E-state index in [9.17, 15) is 18.0 Å². The Labute approximate surface area is 143 Å². The van der Waals surface area contributed by atoms with E-state index in [1.54, 1.807) is 18.2 Å². The molecule has 1 fully saturated rings. The Bertz CT molecular complexity index is 741. The number of hydrogen-bond acceptors (Lipinski definition) is 2. The predicted octanol–water partition coefficient (Wildman–Crippen LogP) is 3.45. The number of carbonyl (C=O) groups is 1. The van der Waals surface area contributed by atoms with Crippen LogP contribution < -0.4 is 5.32 Å². The third-order valence-electron chi connectivity index (χ3n) is 4.21. The van der Waals surface area contributed by atoms with Crippen LogP contribution in [0.15, 0.2) is 42.5 Å². The minimum absolute atomic E-state index is 0.252. The van der Waals surface area contributed by atoms with E-state index >= 15 is 0 Å². The normalized spacial score (nSPS) is 15.2. The van der Waals surface area contributed by atoms with Crippen LogP contribution in [0, 0.1) is 17.5 Å². The fourth-order valence-corrected chi connectivity index (χ4v) is 2.78. The van der Waals surface area contributed by atoms with Gasteiger partial charge in [-0.15, -0.1) is 0 Å². The Morgan fingerprint density at radius 3 is 2.12 bits per heavy atom. The summed E-state index contributed by atoms with van der Waals surface area (Å²) in [5, 5.41) is 2.28. The first kappa shape index (κ1) is 17.3. The van der Waals surface area contributed by atoms with Crippen LogP contribution in [0.5, 0.6) is 0 Å². The summed E-state index contributed by atoms with van der Waals surface area (Å²) in [6, 6.07) is 9.44. The standard InChI is InChI=1S/C18H18F3N3O/c19-14-5-2-1-4-13(14)12-23-8-10-24(11-9-23)18(25)22-17-15(20)6-3-7-16(17)21/h1-7H,8-12H2,(H,22,25). The molecule has 1 N–H and O–H groups in total. The molecule has 0 saturated carbocycles. The van der Waals surface area contributed by atoms with E-state index in [1.165, 1.54) is 17.0 Å². The van der Waals surface area contributed by atoms with Gasteiger partial charge in [0.25, 0.3) is 0 Å². The Hall–Kier alpha value is -2.54. The molecule has 0 aliphatic carbocycles. The fraction of sp³-hybridized carbons (Fsp3) is 0.278. The van der Waals surface area contributed by atoms with E-state index in [1.807, 2.05) is 4.90 Å². The van der Waals surface area contributed by atoms with Crippen LogP contribution >= 0.6 is 0 Å². The molecular formula is C18H18F3N3O. The molecule has 3 rings (SSSR count). The van der Waals surface area contributed by atoms with Crippen molar-refractivity contribution < 1.29 is 18.0 Å². The second-order valence-electron chi connectivity index (χ2n) is 5.88. The zero-order chi connectivity index (χ0) is 17.8. The molecule has 4 nitrogen and oxygen atoms in total. The monoisotopic (exact) mass is 349 g/mol. The van der Waals surface area contributed by atoms with Gasteiger partial charge in [0, 0.05) is 38.3 Å². The van der Waals surface area contributed by atoms with Gasteiger partial charge in [-0.2, -0.15) is 0 Å². The van der Waals surface area contributed by atoms with Crippen LogP contribution in [0.25, 0.3) is 0 Å². The number of nitrogens with one attached hydrogen (secondary N) is 1. The highest BCUT2D eigenvalue weighted by molar-refractivity contribution is 5.89. The molecule has 0 radical (unpaired) electrons. The van der Waals surface area contributed by atoms with E-state index in [-0.39, 0.29) is 5.82 Å². The predicted molar refractivity (Wildman–Crippen MR) is 88.6 cm³/mol. The van der Waals surface area contributed by atoms with Crippen molar-refractivity contribution in [2.45, 2.75) is 6.54 Å². The van der Waals surface area contributed by atoms with Crippen LogP contribution in [0.2, 0.25) is 0 Å². The van der Waals surface area contributed by atoms with Gasteiger partial charge < -0.3 is 10.2 Å². The van der Waals surface area contributed by atoms with Gasteiger partial charge in [0.15, 0.2) is 0 Å². The number of piperazine rings is 1. The van der Waals surface area contributed by atoms with Gasteiger partial charge in [-0.3, -0.25) is 4.90 Å². The first-order chi connectivity index (χ1) is 12.0. The zero-order valence-electron chi connectivity index (χ0n) is 13.5. The van der Waals surface area contributed by atoms with Crippen molar-refractivity contribution in [3.63, 3.8) is 0 Å². The summed E-state index contributed by atoms with van der Waals surface area (Å²) >= 11 is 0. The maximum atomic E-state index is 13.7. The van der Waals surface area contributed by atoms with Crippen molar-refractivity contribution in [1.82, 2.24) is 9.80 Å². The zero-order valence-corrected chi connectivity index (χ0v) is 13.5. The molecule has 0 unspecified atom stereocenters. The van der Waals surface area contributed by atoms with Crippen molar-refractivity contribution >= 4 is 11.7 Å². The third kappa shape index (κ3) is 4.11. The lowest BCUT2D eigenvalue weighted by atomic mass is 10.2. The number of carbonyl (C=O) groups excluding carboxylic acids is 1. The second-order valence-corrected chi connectivity index (χ2v) is 5.88. The minimum atomic E-state index is -0.813. The maximum absolute atomic E-state index is 13.7. The molecule has 2 amide bonds. The smallest absolute Gasteiger partial charge is 0.322 e. The summed E-state index contributed by atoms with van der Waals surface area (Å²) in [5.41, 5.74) is 0.162. The largest absolute Gasteiger partial charge is 0.322 e. The van der Waals surface area contributed by atoms with E-state index in [0.717, 1.165) is 12.1 Å². The van der Waals surface area contributed by atoms with Gasteiger partial charge in [-0.05, 0) is 18.2 Å². The second kappa shape index (κ2) is 7.57. The molecule has 132 valence electrons. The Balaban J connectivity index is 1.55. The lowest BCUT2D eigenvalue weighted by Gasteiger charge is -2.34. The van der Waals surface area contributed by atoms with Gasteiger partial charge in [0.05, 0.1) is 0 Å². The average molecular weight is 349 g/mol. The number of amides is 2. The van der Waals surface area contributed by atoms with Crippen molar-refractivity contribution in [2.75, 3.05) is 31.5 Å².